The third-order valence-electron chi connectivity index (χ3n) is 3.62. The summed E-state index contributed by atoms with van der Waals surface area (Å²) in [6.07, 6.45) is 5.05. The van der Waals surface area contributed by atoms with E-state index in [0.29, 0.717) is 25.0 Å². The number of aliphatic hydroxyl groups excluding tert-OH is 1. The summed E-state index contributed by atoms with van der Waals surface area (Å²) >= 11 is 0. The van der Waals surface area contributed by atoms with Crippen molar-refractivity contribution < 1.29 is 13.5 Å². The summed E-state index contributed by atoms with van der Waals surface area (Å²) in [6.45, 7) is 4.41. The molecule has 0 saturated carbocycles. The zero-order valence-corrected chi connectivity index (χ0v) is 12.2. The van der Waals surface area contributed by atoms with Gasteiger partial charge in [0.1, 0.15) is 0 Å². The Labute approximate surface area is 111 Å². The van der Waals surface area contributed by atoms with Gasteiger partial charge in [-0.2, -0.15) is 0 Å². The van der Waals surface area contributed by atoms with E-state index >= 15 is 0 Å². The molecular weight excluding hydrogens is 252 g/mol. The molecule has 2 unspecified atom stereocenters. The molecule has 1 aliphatic rings. The second-order valence-corrected chi connectivity index (χ2v) is 7.14. The molecular formula is C12H26N2O3S. The van der Waals surface area contributed by atoms with Gasteiger partial charge >= 0.3 is 0 Å². The van der Waals surface area contributed by atoms with E-state index in [-0.39, 0.29) is 6.61 Å². The number of hydrogen-bond donors (Lipinski definition) is 2. The summed E-state index contributed by atoms with van der Waals surface area (Å²) in [4.78, 5) is 0. The molecule has 0 aromatic rings. The topological polar surface area (TPSA) is 69.6 Å². The van der Waals surface area contributed by atoms with Crippen LogP contribution in [0.5, 0.6) is 0 Å². The minimum absolute atomic E-state index is 0.200. The molecule has 0 amide bonds. The lowest BCUT2D eigenvalue weighted by Gasteiger charge is -2.32. The fourth-order valence-electron chi connectivity index (χ4n) is 2.43. The predicted octanol–water partition coefficient (Wildman–Crippen LogP) is 0.409. The van der Waals surface area contributed by atoms with E-state index in [1.807, 2.05) is 0 Å². The van der Waals surface area contributed by atoms with Gasteiger partial charge in [0.05, 0.1) is 6.26 Å². The molecule has 1 saturated heterocycles. The van der Waals surface area contributed by atoms with Crippen LogP contribution in [0.4, 0.5) is 0 Å². The third kappa shape index (κ3) is 5.22. The lowest BCUT2D eigenvalue weighted by Crippen LogP contribution is -2.44. The van der Waals surface area contributed by atoms with Crippen LogP contribution in [0, 0.1) is 5.92 Å². The average Bonchev–Trinajstić information content (AvgIpc) is 2.34. The minimum atomic E-state index is -3.05. The molecule has 0 bridgehead atoms. The van der Waals surface area contributed by atoms with Gasteiger partial charge in [0.25, 0.3) is 0 Å². The summed E-state index contributed by atoms with van der Waals surface area (Å²) in [6, 6.07) is 0.337. The molecule has 1 fully saturated rings. The Bertz CT molecular complexity index is 332. The van der Waals surface area contributed by atoms with E-state index in [0.717, 1.165) is 32.2 Å². The third-order valence-corrected chi connectivity index (χ3v) is 4.89. The van der Waals surface area contributed by atoms with Gasteiger partial charge in [0.15, 0.2) is 0 Å². The first-order chi connectivity index (χ1) is 8.47. The van der Waals surface area contributed by atoms with Crippen LogP contribution >= 0.6 is 0 Å². The molecule has 1 heterocycles. The highest BCUT2D eigenvalue weighted by Gasteiger charge is 2.25. The first-order valence-electron chi connectivity index (χ1n) is 6.76. The van der Waals surface area contributed by atoms with Crippen LogP contribution < -0.4 is 5.32 Å². The standard InChI is InChI=1S/C12H26N2O3S/c1-3-12(6-8-15)13-9-11-5-4-7-14(10-11)18(2,16)17/h11-13,15H,3-10H2,1-2H3. The van der Waals surface area contributed by atoms with Crippen molar-refractivity contribution in [2.24, 2.45) is 5.92 Å². The number of aliphatic hydroxyl groups is 1. The molecule has 6 heteroatoms. The lowest BCUT2D eigenvalue weighted by molar-refractivity contribution is 0.235. The average molecular weight is 278 g/mol. The summed E-state index contributed by atoms with van der Waals surface area (Å²) in [7, 11) is -3.05. The molecule has 0 aromatic carbocycles. The summed E-state index contributed by atoms with van der Waals surface area (Å²) in [5.74, 6) is 0.390. The molecule has 2 N–H and O–H groups in total. The molecule has 0 aromatic heterocycles. The van der Waals surface area contributed by atoms with Gasteiger partial charge in [-0.1, -0.05) is 6.92 Å². The zero-order chi connectivity index (χ0) is 13.6. The van der Waals surface area contributed by atoms with E-state index in [1.54, 1.807) is 4.31 Å². The van der Waals surface area contributed by atoms with Crippen LogP contribution in [0.1, 0.15) is 32.6 Å². The van der Waals surface area contributed by atoms with Crippen LogP contribution in [-0.2, 0) is 10.0 Å². The van der Waals surface area contributed by atoms with Crippen molar-refractivity contribution in [2.75, 3.05) is 32.5 Å². The number of nitrogens with one attached hydrogen (secondary N) is 1. The summed E-state index contributed by atoms with van der Waals surface area (Å²) in [5.41, 5.74) is 0. The first-order valence-corrected chi connectivity index (χ1v) is 8.61. The van der Waals surface area contributed by atoms with Crippen LogP contribution in [-0.4, -0.2) is 56.4 Å². The van der Waals surface area contributed by atoms with Crippen molar-refractivity contribution in [1.29, 1.82) is 0 Å². The smallest absolute Gasteiger partial charge is 0.211 e. The summed E-state index contributed by atoms with van der Waals surface area (Å²) < 4.78 is 24.6. The minimum Gasteiger partial charge on any atom is -0.396 e. The number of hydrogen-bond acceptors (Lipinski definition) is 4. The predicted molar refractivity (Wildman–Crippen MR) is 72.9 cm³/mol. The zero-order valence-electron chi connectivity index (χ0n) is 11.4. The van der Waals surface area contributed by atoms with Gasteiger partial charge in [-0.3, -0.25) is 0 Å². The molecule has 5 nitrogen and oxygen atoms in total. The summed E-state index contributed by atoms with van der Waals surface area (Å²) in [5, 5.41) is 12.4. The van der Waals surface area contributed by atoms with Gasteiger partial charge in [0, 0.05) is 25.7 Å². The SMILES string of the molecule is CCC(CCO)NCC1CCCN(S(C)(=O)=O)C1. The van der Waals surface area contributed by atoms with E-state index < -0.39 is 10.0 Å². The number of piperidine rings is 1. The van der Waals surface area contributed by atoms with Crippen molar-refractivity contribution >= 4 is 10.0 Å². The lowest BCUT2D eigenvalue weighted by atomic mass is 9.99. The van der Waals surface area contributed by atoms with Crippen LogP contribution in [0.15, 0.2) is 0 Å². The number of rotatable bonds is 7. The van der Waals surface area contributed by atoms with E-state index in [2.05, 4.69) is 12.2 Å². The maximum atomic E-state index is 11.5. The molecule has 1 rings (SSSR count). The highest BCUT2D eigenvalue weighted by Crippen LogP contribution is 2.18. The Hall–Kier alpha value is -0.170. The van der Waals surface area contributed by atoms with Crippen molar-refractivity contribution in [2.45, 2.75) is 38.6 Å². The second kappa shape index (κ2) is 7.43. The van der Waals surface area contributed by atoms with E-state index in [4.69, 9.17) is 5.11 Å². The van der Waals surface area contributed by atoms with Crippen LogP contribution in [0.3, 0.4) is 0 Å². The largest absolute Gasteiger partial charge is 0.396 e. The van der Waals surface area contributed by atoms with Crippen LogP contribution in [0.2, 0.25) is 0 Å². The Morgan fingerprint density at radius 3 is 2.78 bits per heavy atom. The molecule has 1 aliphatic heterocycles. The maximum Gasteiger partial charge on any atom is 0.211 e. The van der Waals surface area contributed by atoms with Gasteiger partial charge < -0.3 is 10.4 Å². The van der Waals surface area contributed by atoms with E-state index in [9.17, 15) is 8.42 Å². The molecule has 0 radical (unpaired) electrons. The van der Waals surface area contributed by atoms with Gasteiger partial charge in [-0.25, -0.2) is 12.7 Å². The fourth-order valence-corrected chi connectivity index (χ4v) is 3.38. The van der Waals surface area contributed by atoms with Crippen LogP contribution in [0.25, 0.3) is 0 Å². The van der Waals surface area contributed by atoms with Crippen molar-refractivity contribution in [3.8, 4) is 0 Å². The Morgan fingerprint density at radius 1 is 1.50 bits per heavy atom. The first kappa shape index (κ1) is 15.9. The van der Waals surface area contributed by atoms with Gasteiger partial charge in [-0.15, -0.1) is 0 Å². The monoisotopic (exact) mass is 278 g/mol. The Morgan fingerprint density at radius 2 is 2.22 bits per heavy atom. The second-order valence-electron chi connectivity index (χ2n) is 5.15. The Kier molecular flexibility index (Phi) is 6.55. The Balaban J connectivity index is 2.38. The molecule has 0 aliphatic carbocycles. The maximum absolute atomic E-state index is 11.5. The van der Waals surface area contributed by atoms with Crippen molar-refractivity contribution in [3.05, 3.63) is 0 Å². The molecule has 18 heavy (non-hydrogen) atoms. The van der Waals surface area contributed by atoms with Gasteiger partial charge in [-0.05, 0) is 38.1 Å². The number of nitrogens with zero attached hydrogens (tertiary/aromatic N) is 1. The highest BCUT2D eigenvalue weighted by molar-refractivity contribution is 7.88. The van der Waals surface area contributed by atoms with Crippen molar-refractivity contribution in [3.63, 3.8) is 0 Å². The fraction of sp³-hybridized carbons (Fsp3) is 1.00. The van der Waals surface area contributed by atoms with Gasteiger partial charge in [0.2, 0.25) is 10.0 Å². The number of sulfonamides is 1. The highest BCUT2D eigenvalue weighted by atomic mass is 32.2. The van der Waals surface area contributed by atoms with Crippen molar-refractivity contribution in [1.82, 2.24) is 9.62 Å². The quantitative estimate of drug-likeness (QED) is 0.707. The molecule has 0 spiro atoms. The van der Waals surface area contributed by atoms with E-state index in [1.165, 1.54) is 6.26 Å². The molecule has 108 valence electrons. The normalized spacial score (nSPS) is 24.1. The molecule has 2 atom stereocenters.